The second kappa shape index (κ2) is 9.80. The molecule has 4 heteroatoms. The van der Waals surface area contributed by atoms with Crippen LogP contribution >= 0.6 is 0 Å². The fraction of sp³-hybridized carbons (Fsp3) is 0.348. The first kappa shape index (κ1) is 19.0. The summed E-state index contributed by atoms with van der Waals surface area (Å²) in [7, 11) is 0. The van der Waals surface area contributed by atoms with Gasteiger partial charge in [0.2, 0.25) is 0 Å². The number of anilines is 1. The van der Waals surface area contributed by atoms with Crippen molar-refractivity contribution >= 4 is 11.6 Å². The molecular formula is C23H26N2O2. The summed E-state index contributed by atoms with van der Waals surface area (Å²) < 4.78 is 5.42. The highest BCUT2D eigenvalue weighted by molar-refractivity contribution is 6.07. The van der Waals surface area contributed by atoms with E-state index in [9.17, 15) is 4.79 Å². The van der Waals surface area contributed by atoms with Gasteiger partial charge in [-0.3, -0.25) is 4.79 Å². The van der Waals surface area contributed by atoms with Gasteiger partial charge < -0.3 is 15.0 Å². The molecule has 1 fully saturated rings. The first-order chi connectivity index (χ1) is 13.3. The average molecular weight is 362 g/mol. The zero-order valence-corrected chi connectivity index (χ0v) is 15.8. The predicted molar refractivity (Wildman–Crippen MR) is 109 cm³/mol. The van der Waals surface area contributed by atoms with E-state index in [1.807, 2.05) is 36.4 Å². The fourth-order valence-electron chi connectivity index (χ4n) is 3.04. The van der Waals surface area contributed by atoms with Gasteiger partial charge in [0.1, 0.15) is 0 Å². The summed E-state index contributed by atoms with van der Waals surface area (Å²) in [6, 6.07) is 9.49. The Morgan fingerprint density at radius 3 is 2.74 bits per heavy atom. The number of benzene rings is 1. The number of hydrogen-bond acceptors (Lipinski definition) is 3. The van der Waals surface area contributed by atoms with Crippen molar-refractivity contribution in [2.75, 3.05) is 31.6 Å². The number of hydrogen-bond donors (Lipinski definition) is 1. The molecule has 0 atom stereocenters. The van der Waals surface area contributed by atoms with Crippen LogP contribution in [0.3, 0.4) is 0 Å². The number of carbonyl (C=O) groups is 1. The van der Waals surface area contributed by atoms with E-state index in [1.165, 1.54) is 5.70 Å². The van der Waals surface area contributed by atoms with Crippen molar-refractivity contribution in [3.8, 4) is 11.8 Å². The minimum atomic E-state index is -0.162. The highest BCUT2D eigenvalue weighted by Gasteiger charge is 2.18. The minimum Gasteiger partial charge on any atom is -0.378 e. The molecule has 1 aromatic carbocycles. The maximum atomic E-state index is 12.7. The van der Waals surface area contributed by atoms with Gasteiger partial charge in [-0.05, 0) is 36.3 Å². The maximum Gasteiger partial charge on any atom is 0.264 e. The number of rotatable bonds is 5. The highest BCUT2D eigenvalue weighted by atomic mass is 16.5. The molecule has 1 N–H and O–H groups in total. The number of morpholine rings is 1. The van der Waals surface area contributed by atoms with E-state index in [-0.39, 0.29) is 5.91 Å². The second-order valence-electron chi connectivity index (χ2n) is 6.61. The Kier molecular flexibility index (Phi) is 6.90. The lowest BCUT2D eigenvalue weighted by Crippen LogP contribution is -2.35. The quantitative estimate of drug-likeness (QED) is 0.638. The minimum absolute atomic E-state index is 0.162. The summed E-state index contributed by atoms with van der Waals surface area (Å²) >= 11 is 0. The lowest BCUT2D eigenvalue weighted by Gasteiger charge is -2.30. The molecule has 1 heterocycles. The topological polar surface area (TPSA) is 41.6 Å². The van der Waals surface area contributed by atoms with Gasteiger partial charge in [-0.15, -0.1) is 0 Å². The van der Waals surface area contributed by atoms with Crippen molar-refractivity contribution in [2.45, 2.75) is 26.2 Å². The van der Waals surface area contributed by atoms with E-state index in [0.29, 0.717) is 5.57 Å². The zero-order chi connectivity index (χ0) is 18.9. The first-order valence-electron chi connectivity index (χ1n) is 9.55. The van der Waals surface area contributed by atoms with E-state index in [4.69, 9.17) is 4.74 Å². The Morgan fingerprint density at radius 1 is 1.22 bits per heavy atom. The maximum absolute atomic E-state index is 12.7. The SMILES string of the molecule is CCCC#C/C(=C/C1=CC=C(N2CCOCC2)C1)C(=O)Nc1ccccc1. The van der Waals surface area contributed by atoms with E-state index < -0.39 is 0 Å². The van der Waals surface area contributed by atoms with Crippen molar-refractivity contribution in [1.29, 1.82) is 0 Å². The molecule has 1 saturated heterocycles. The van der Waals surface area contributed by atoms with Crippen molar-refractivity contribution in [3.63, 3.8) is 0 Å². The van der Waals surface area contributed by atoms with Gasteiger partial charge in [0.15, 0.2) is 0 Å². The van der Waals surface area contributed by atoms with Gasteiger partial charge in [-0.2, -0.15) is 0 Å². The largest absolute Gasteiger partial charge is 0.378 e. The van der Waals surface area contributed by atoms with E-state index in [0.717, 1.165) is 56.8 Å². The monoisotopic (exact) mass is 362 g/mol. The summed E-state index contributed by atoms with van der Waals surface area (Å²) in [5, 5.41) is 2.94. The molecule has 0 unspecified atom stereocenters. The summed E-state index contributed by atoms with van der Waals surface area (Å²) in [5.74, 6) is 6.00. The molecule has 0 bridgehead atoms. The number of unbranched alkanes of at least 4 members (excludes halogenated alkanes) is 1. The lowest BCUT2D eigenvalue weighted by atomic mass is 10.1. The molecule has 1 aromatic rings. The Bertz CT molecular complexity index is 804. The van der Waals surface area contributed by atoms with Gasteiger partial charge in [0.25, 0.3) is 5.91 Å². The highest BCUT2D eigenvalue weighted by Crippen LogP contribution is 2.25. The molecule has 140 valence electrons. The van der Waals surface area contributed by atoms with Crippen LogP contribution in [0.15, 0.2) is 65.4 Å². The first-order valence-corrected chi connectivity index (χ1v) is 9.55. The number of allylic oxidation sites excluding steroid dienone is 4. The number of para-hydroxylation sites is 1. The van der Waals surface area contributed by atoms with Gasteiger partial charge in [0.05, 0.1) is 18.8 Å². The third-order valence-corrected chi connectivity index (χ3v) is 4.50. The van der Waals surface area contributed by atoms with Crippen LogP contribution < -0.4 is 5.32 Å². The van der Waals surface area contributed by atoms with Gasteiger partial charge in [-0.1, -0.05) is 43.0 Å². The van der Waals surface area contributed by atoms with Crippen LogP contribution in [0.25, 0.3) is 0 Å². The Hall–Kier alpha value is -2.77. The lowest BCUT2D eigenvalue weighted by molar-refractivity contribution is -0.112. The predicted octanol–water partition coefficient (Wildman–Crippen LogP) is 3.90. The van der Waals surface area contributed by atoms with Crippen molar-refractivity contribution in [3.05, 3.63) is 65.4 Å². The number of ether oxygens (including phenoxy) is 1. The Labute approximate surface area is 161 Å². The number of amides is 1. The fourth-order valence-corrected chi connectivity index (χ4v) is 3.04. The van der Waals surface area contributed by atoms with Crippen LogP contribution in [-0.2, 0) is 9.53 Å². The molecule has 2 aliphatic rings. The van der Waals surface area contributed by atoms with Crippen LogP contribution in [0.4, 0.5) is 5.69 Å². The molecule has 0 radical (unpaired) electrons. The smallest absolute Gasteiger partial charge is 0.264 e. The van der Waals surface area contributed by atoms with E-state index >= 15 is 0 Å². The molecule has 3 rings (SSSR count). The van der Waals surface area contributed by atoms with Crippen LogP contribution in [0.2, 0.25) is 0 Å². The molecule has 1 amide bonds. The molecule has 0 spiro atoms. The summed E-state index contributed by atoms with van der Waals surface area (Å²) in [5.41, 5.74) is 3.68. The normalized spacial score (nSPS) is 16.9. The van der Waals surface area contributed by atoms with Crippen molar-refractivity contribution < 1.29 is 9.53 Å². The molecule has 27 heavy (non-hydrogen) atoms. The molecule has 1 aliphatic heterocycles. The van der Waals surface area contributed by atoms with Gasteiger partial charge in [-0.25, -0.2) is 0 Å². The summed E-state index contributed by atoms with van der Waals surface area (Å²) in [6.45, 7) is 5.48. The Morgan fingerprint density at radius 2 is 2.00 bits per heavy atom. The van der Waals surface area contributed by atoms with Crippen LogP contribution in [0, 0.1) is 11.8 Å². The third-order valence-electron chi connectivity index (χ3n) is 4.50. The molecule has 0 saturated carbocycles. The van der Waals surface area contributed by atoms with E-state index in [1.54, 1.807) is 0 Å². The van der Waals surface area contributed by atoms with Crippen LogP contribution in [-0.4, -0.2) is 37.1 Å². The summed E-state index contributed by atoms with van der Waals surface area (Å²) in [4.78, 5) is 15.1. The van der Waals surface area contributed by atoms with Crippen molar-refractivity contribution in [2.24, 2.45) is 0 Å². The zero-order valence-electron chi connectivity index (χ0n) is 15.8. The second-order valence-corrected chi connectivity index (χ2v) is 6.61. The number of nitrogens with zero attached hydrogens (tertiary/aromatic N) is 1. The van der Waals surface area contributed by atoms with Crippen LogP contribution in [0.5, 0.6) is 0 Å². The molecule has 0 aromatic heterocycles. The Balaban J connectivity index is 1.69. The number of carbonyl (C=O) groups excluding carboxylic acids is 1. The molecular weight excluding hydrogens is 336 g/mol. The van der Waals surface area contributed by atoms with Crippen molar-refractivity contribution in [1.82, 2.24) is 4.90 Å². The third kappa shape index (κ3) is 5.60. The summed E-state index contributed by atoms with van der Waals surface area (Å²) in [6.07, 6.45) is 8.74. The molecule has 4 nitrogen and oxygen atoms in total. The van der Waals surface area contributed by atoms with Gasteiger partial charge in [0, 0.05) is 37.3 Å². The van der Waals surface area contributed by atoms with E-state index in [2.05, 4.69) is 41.1 Å². The average Bonchev–Trinajstić information content (AvgIpc) is 3.17. The van der Waals surface area contributed by atoms with Crippen LogP contribution in [0.1, 0.15) is 26.2 Å². The number of nitrogens with one attached hydrogen (secondary N) is 1. The molecule has 1 aliphatic carbocycles. The standard InChI is InChI=1S/C23H26N2O2/c1-2-3-5-8-20(23(26)24-21-9-6-4-7-10-21)17-19-11-12-22(18-19)25-13-15-27-16-14-25/h4,6-7,9-12,17H,2-3,13-16,18H2,1H3,(H,24,26)/b20-17-. The van der Waals surface area contributed by atoms with Gasteiger partial charge >= 0.3 is 0 Å².